The maximum absolute atomic E-state index is 12.9. The molecular formula is C20H21N5O3S. The minimum absolute atomic E-state index is 0.233. The number of nitrogens with one attached hydrogen (secondary N) is 1. The molecule has 0 spiro atoms. The lowest BCUT2D eigenvalue weighted by atomic mass is 9.81. The van der Waals surface area contributed by atoms with Crippen LogP contribution in [0, 0.1) is 11.3 Å². The van der Waals surface area contributed by atoms with Crippen LogP contribution < -0.4 is 15.8 Å². The fourth-order valence-electron chi connectivity index (χ4n) is 3.35. The molecule has 2 aromatic rings. The Morgan fingerprint density at radius 2 is 2.17 bits per heavy atom. The normalized spacial score (nSPS) is 15.2. The van der Waals surface area contributed by atoms with Gasteiger partial charge in [0.2, 0.25) is 0 Å². The van der Waals surface area contributed by atoms with Crippen LogP contribution in [0.3, 0.4) is 0 Å². The number of fused-ring (bicyclic) bond motifs is 1. The Bertz CT molecular complexity index is 1050. The number of aromatic nitrogens is 2. The van der Waals surface area contributed by atoms with Crippen molar-refractivity contribution in [2.75, 3.05) is 31.0 Å². The molecule has 29 heavy (non-hydrogen) atoms. The Morgan fingerprint density at radius 1 is 1.41 bits per heavy atom. The number of nitrogens with two attached hydrogens (primary N) is 1. The molecule has 0 saturated heterocycles. The lowest BCUT2D eigenvalue weighted by molar-refractivity contribution is -0.138. The largest absolute Gasteiger partial charge is 0.496 e. The van der Waals surface area contributed by atoms with Crippen LogP contribution in [0.2, 0.25) is 0 Å². The number of benzene rings is 1. The molecule has 3 rings (SSSR count). The number of thioether (sulfide) groups is 1. The standard InChI is InChI=1S/C20H21N5O3S/c1-5-28-19(26)14-10(2)23-18-16(17(22)24-20(25-18)29-4)15(14)12-7-6-11(9-21)8-13(12)27-3/h6-8,15H,5H2,1-4H3,(H3,22,23,24,25). The van der Waals surface area contributed by atoms with E-state index in [9.17, 15) is 10.1 Å². The summed E-state index contributed by atoms with van der Waals surface area (Å²) in [5.41, 5.74) is 8.99. The Balaban J connectivity index is 2.31. The van der Waals surface area contributed by atoms with Crippen molar-refractivity contribution in [3.8, 4) is 11.8 Å². The molecule has 1 unspecified atom stereocenters. The Hall–Kier alpha value is -3.25. The van der Waals surface area contributed by atoms with Gasteiger partial charge < -0.3 is 20.5 Å². The summed E-state index contributed by atoms with van der Waals surface area (Å²) in [6.07, 6.45) is 1.86. The zero-order valence-electron chi connectivity index (χ0n) is 16.6. The molecule has 0 saturated carbocycles. The third-order valence-corrected chi connectivity index (χ3v) is 5.14. The second kappa shape index (κ2) is 8.41. The molecule has 1 aliphatic rings. The SMILES string of the molecule is CCOC(=O)C1=C(C)Nc2nc(SC)nc(N)c2C1c1ccc(C#N)cc1OC. The molecule has 0 bridgehead atoms. The summed E-state index contributed by atoms with van der Waals surface area (Å²) in [4.78, 5) is 21.7. The summed E-state index contributed by atoms with van der Waals surface area (Å²) >= 11 is 1.37. The Labute approximate surface area is 173 Å². The number of anilines is 2. The van der Waals surface area contributed by atoms with Gasteiger partial charge in [-0.2, -0.15) is 5.26 Å². The number of nitriles is 1. The van der Waals surface area contributed by atoms with Crippen molar-refractivity contribution in [3.63, 3.8) is 0 Å². The quantitative estimate of drug-likeness (QED) is 0.434. The number of nitrogens with zero attached hydrogens (tertiary/aromatic N) is 3. The molecule has 0 radical (unpaired) electrons. The number of methoxy groups -OCH3 is 1. The molecule has 8 nitrogen and oxygen atoms in total. The zero-order chi connectivity index (χ0) is 21.1. The molecule has 1 aromatic heterocycles. The maximum atomic E-state index is 12.9. The van der Waals surface area contributed by atoms with E-state index in [4.69, 9.17) is 15.2 Å². The molecule has 1 aromatic carbocycles. The fraction of sp³-hybridized carbons (Fsp3) is 0.300. The number of hydrogen-bond donors (Lipinski definition) is 2. The third kappa shape index (κ3) is 3.71. The second-order valence-electron chi connectivity index (χ2n) is 6.24. The van der Waals surface area contributed by atoms with Gasteiger partial charge in [0, 0.05) is 16.8 Å². The first-order valence-electron chi connectivity index (χ1n) is 8.89. The van der Waals surface area contributed by atoms with Crippen LogP contribution in [0.15, 0.2) is 34.6 Å². The molecule has 0 fully saturated rings. The van der Waals surface area contributed by atoms with Gasteiger partial charge in [0.25, 0.3) is 0 Å². The number of carbonyl (C=O) groups excluding carboxylic acids is 1. The van der Waals surface area contributed by atoms with E-state index in [1.807, 2.05) is 6.26 Å². The monoisotopic (exact) mass is 411 g/mol. The first kappa shape index (κ1) is 20.5. The first-order chi connectivity index (χ1) is 13.9. The number of rotatable bonds is 5. The first-order valence-corrected chi connectivity index (χ1v) is 10.1. The summed E-state index contributed by atoms with van der Waals surface area (Å²) in [7, 11) is 1.51. The van der Waals surface area contributed by atoms with E-state index >= 15 is 0 Å². The molecule has 0 aliphatic carbocycles. The molecule has 3 N–H and O–H groups in total. The summed E-state index contributed by atoms with van der Waals surface area (Å²) in [6.45, 7) is 3.77. The van der Waals surface area contributed by atoms with Crippen molar-refractivity contribution in [3.05, 3.63) is 46.2 Å². The number of allylic oxidation sites excluding steroid dienone is 1. The van der Waals surface area contributed by atoms with Crippen LogP contribution in [0.4, 0.5) is 11.6 Å². The average molecular weight is 411 g/mol. The topological polar surface area (TPSA) is 123 Å². The van der Waals surface area contributed by atoms with Gasteiger partial charge in [-0.3, -0.25) is 0 Å². The van der Waals surface area contributed by atoms with Crippen LogP contribution in [0.25, 0.3) is 0 Å². The smallest absolute Gasteiger partial charge is 0.336 e. The molecule has 1 atom stereocenters. The molecule has 0 amide bonds. The number of hydrogen-bond acceptors (Lipinski definition) is 9. The highest BCUT2D eigenvalue weighted by Crippen LogP contribution is 2.46. The second-order valence-corrected chi connectivity index (χ2v) is 7.02. The number of carbonyl (C=O) groups is 1. The number of esters is 1. The molecular weight excluding hydrogens is 390 g/mol. The van der Waals surface area contributed by atoms with E-state index in [1.54, 1.807) is 32.0 Å². The van der Waals surface area contributed by atoms with Crippen molar-refractivity contribution in [2.24, 2.45) is 0 Å². The van der Waals surface area contributed by atoms with Gasteiger partial charge in [-0.1, -0.05) is 17.8 Å². The predicted molar refractivity (Wildman–Crippen MR) is 111 cm³/mol. The molecule has 150 valence electrons. The van der Waals surface area contributed by atoms with Crippen molar-refractivity contribution in [2.45, 2.75) is 24.9 Å². The average Bonchev–Trinajstić information content (AvgIpc) is 2.72. The minimum Gasteiger partial charge on any atom is -0.496 e. The highest BCUT2D eigenvalue weighted by Gasteiger charge is 2.37. The summed E-state index contributed by atoms with van der Waals surface area (Å²) in [5, 5.41) is 12.9. The summed E-state index contributed by atoms with van der Waals surface area (Å²) in [5.74, 6) is 0.183. The summed E-state index contributed by atoms with van der Waals surface area (Å²) < 4.78 is 10.8. The van der Waals surface area contributed by atoms with Crippen LogP contribution >= 0.6 is 11.8 Å². The van der Waals surface area contributed by atoms with E-state index in [-0.39, 0.29) is 12.4 Å². The van der Waals surface area contributed by atoms with Crippen LogP contribution in [0.5, 0.6) is 5.75 Å². The van der Waals surface area contributed by atoms with Gasteiger partial charge in [-0.05, 0) is 32.2 Å². The summed E-state index contributed by atoms with van der Waals surface area (Å²) in [6, 6.07) is 7.15. The van der Waals surface area contributed by atoms with Crippen molar-refractivity contribution in [1.29, 1.82) is 5.26 Å². The maximum Gasteiger partial charge on any atom is 0.336 e. The van der Waals surface area contributed by atoms with Gasteiger partial charge in [0.15, 0.2) is 5.16 Å². The Kier molecular flexibility index (Phi) is 5.94. The molecule has 1 aliphatic heterocycles. The van der Waals surface area contributed by atoms with E-state index in [2.05, 4.69) is 21.4 Å². The highest BCUT2D eigenvalue weighted by atomic mass is 32.2. The number of nitrogen functional groups attached to an aromatic ring is 1. The fourth-order valence-corrected chi connectivity index (χ4v) is 3.72. The lowest BCUT2D eigenvalue weighted by Crippen LogP contribution is -2.27. The van der Waals surface area contributed by atoms with E-state index in [1.165, 1.54) is 18.9 Å². The van der Waals surface area contributed by atoms with Gasteiger partial charge in [-0.15, -0.1) is 0 Å². The van der Waals surface area contributed by atoms with E-state index in [0.717, 1.165) is 0 Å². The van der Waals surface area contributed by atoms with Crippen LogP contribution in [0.1, 0.15) is 36.5 Å². The number of ether oxygens (including phenoxy) is 2. The van der Waals surface area contributed by atoms with Gasteiger partial charge >= 0.3 is 5.97 Å². The highest BCUT2D eigenvalue weighted by molar-refractivity contribution is 7.98. The molecule has 2 heterocycles. The van der Waals surface area contributed by atoms with Crippen LogP contribution in [-0.4, -0.2) is 35.9 Å². The predicted octanol–water partition coefficient (Wildman–Crippen LogP) is 3.06. The van der Waals surface area contributed by atoms with Crippen LogP contribution in [-0.2, 0) is 9.53 Å². The lowest BCUT2D eigenvalue weighted by Gasteiger charge is -2.31. The zero-order valence-corrected chi connectivity index (χ0v) is 17.4. The van der Waals surface area contributed by atoms with E-state index in [0.29, 0.717) is 44.7 Å². The van der Waals surface area contributed by atoms with Crippen molar-refractivity contribution >= 4 is 29.4 Å². The van der Waals surface area contributed by atoms with E-state index < -0.39 is 11.9 Å². The van der Waals surface area contributed by atoms with Gasteiger partial charge in [0.1, 0.15) is 17.4 Å². The third-order valence-electron chi connectivity index (χ3n) is 4.59. The van der Waals surface area contributed by atoms with Gasteiger partial charge in [0.05, 0.1) is 36.8 Å². The minimum atomic E-state index is -0.608. The Morgan fingerprint density at radius 3 is 2.79 bits per heavy atom. The van der Waals surface area contributed by atoms with Crippen molar-refractivity contribution < 1.29 is 14.3 Å². The molecule has 9 heteroatoms. The van der Waals surface area contributed by atoms with Gasteiger partial charge in [-0.25, -0.2) is 14.8 Å². The van der Waals surface area contributed by atoms with Crippen molar-refractivity contribution in [1.82, 2.24) is 9.97 Å².